The third kappa shape index (κ3) is 3.95. The fourth-order valence-electron chi connectivity index (χ4n) is 3.28. The van der Waals surface area contributed by atoms with E-state index in [1.165, 1.54) is 18.2 Å². The minimum atomic E-state index is -4.48. The summed E-state index contributed by atoms with van der Waals surface area (Å²) < 4.78 is 42.1. The van der Waals surface area contributed by atoms with Gasteiger partial charge in [-0.05, 0) is 54.1 Å². The number of aromatic nitrogens is 2. The molecule has 30 heavy (non-hydrogen) atoms. The molecule has 0 radical (unpaired) electrons. The van der Waals surface area contributed by atoms with E-state index in [-0.39, 0.29) is 11.1 Å². The van der Waals surface area contributed by atoms with Crippen LogP contribution in [0.4, 0.5) is 13.2 Å². The van der Waals surface area contributed by atoms with Gasteiger partial charge in [0.05, 0.1) is 22.2 Å². The molecule has 4 nitrogen and oxygen atoms in total. The molecule has 0 saturated carbocycles. The Morgan fingerprint density at radius 2 is 1.77 bits per heavy atom. The molecule has 0 atom stereocenters. The second kappa shape index (κ2) is 7.60. The fraction of sp³-hybridized carbons (Fsp3) is 0.0909. The normalized spacial score (nSPS) is 11.7. The molecule has 0 amide bonds. The van der Waals surface area contributed by atoms with Gasteiger partial charge in [-0.15, -0.1) is 0 Å². The van der Waals surface area contributed by atoms with Gasteiger partial charge in [0.25, 0.3) is 0 Å². The van der Waals surface area contributed by atoms with Crippen molar-refractivity contribution < 1.29 is 23.1 Å². The van der Waals surface area contributed by atoms with Gasteiger partial charge in [-0.1, -0.05) is 34.1 Å². The first-order valence-electron chi connectivity index (χ1n) is 8.89. The lowest BCUT2D eigenvalue weighted by Gasteiger charge is -2.11. The van der Waals surface area contributed by atoms with Gasteiger partial charge >= 0.3 is 12.1 Å². The van der Waals surface area contributed by atoms with Gasteiger partial charge in [-0.3, -0.25) is 4.57 Å². The Morgan fingerprint density at radius 1 is 1.03 bits per heavy atom. The number of halogens is 4. The highest BCUT2D eigenvalue weighted by Gasteiger charge is 2.31. The first-order valence-corrected chi connectivity index (χ1v) is 9.68. The molecule has 0 aliphatic heterocycles. The summed E-state index contributed by atoms with van der Waals surface area (Å²) in [5.74, 6) is -0.579. The van der Waals surface area contributed by atoms with E-state index >= 15 is 0 Å². The maximum Gasteiger partial charge on any atom is 0.416 e. The third-order valence-corrected chi connectivity index (χ3v) is 5.21. The number of nitrogens with zero attached hydrogens (tertiary/aromatic N) is 2. The third-order valence-electron chi connectivity index (χ3n) is 4.68. The highest BCUT2D eigenvalue weighted by atomic mass is 79.9. The summed E-state index contributed by atoms with van der Waals surface area (Å²) >= 11 is 3.38. The number of hydrogen-bond donors (Lipinski definition) is 1. The van der Waals surface area contributed by atoms with Gasteiger partial charge < -0.3 is 5.11 Å². The molecule has 8 heteroatoms. The topological polar surface area (TPSA) is 55.1 Å². The summed E-state index contributed by atoms with van der Waals surface area (Å²) in [6.45, 7) is 0. The quantitative estimate of drug-likeness (QED) is 0.389. The van der Waals surface area contributed by atoms with Crippen molar-refractivity contribution in [3.05, 3.63) is 93.7 Å². The second-order valence-electron chi connectivity index (χ2n) is 6.72. The van der Waals surface area contributed by atoms with E-state index in [9.17, 15) is 23.1 Å². The number of aromatic carboxylic acids is 1. The van der Waals surface area contributed by atoms with Crippen LogP contribution in [-0.2, 0) is 12.6 Å². The molecule has 3 aromatic carbocycles. The molecule has 4 aromatic rings. The summed E-state index contributed by atoms with van der Waals surface area (Å²) in [6, 6.07) is 17.1. The number of rotatable bonds is 4. The molecule has 1 heterocycles. The number of imidazole rings is 1. The van der Waals surface area contributed by atoms with Gasteiger partial charge in [0, 0.05) is 16.6 Å². The SMILES string of the molecule is O=C(O)c1cccc(-n2c(Cc3ccc(Br)cc3)nc3cc(C(F)(F)F)ccc32)c1. The van der Waals surface area contributed by atoms with Crippen molar-refractivity contribution in [2.45, 2.75) is 12.6 Å². The van der Waals surface area contributed by atoms with Crippen molar-refractivity contribution in [3.63, 3.8) is 0 Å². The van der Waals surface area contributed by atoms with Crippen molar-refractivity contribution in [3.8, 4) is 5.69 Å². The molecule has 1 N–H and O–H groups in total. The van der Waals surface area contributed by atoms with E-state index in [1.54, 1.807) is 16.7 Å². The lowest BCUT2D eigenvalue weighted by molar-refractivity contribution is -0.137. The summed E-state index contributed by atoms with van der Waals surface area (Å²) in [5.41, 5.74) is 1.39. The van der Waals surface area contributed by atoms with Crippen molar-refractivity contribution in [2.75, 3.05) is 0 Å². The van der Waals surface area contributed by atoms with Crippen LogP contribution < -0.4 is 0 Å². The number of alkyl halides is 3. The van der Waals surface area contributed by atoms with Gasteiger partial charge in [-0.2, -0.15) is 13.2 Å². The maximum absolute atomic E-state index is 13.2. The maximum atomic E-state index is 13.2. The van der Waals surface area contributed by atoms with Crippen LogP contribution in [0.15, 0.2) is 71.2 Å². The highest BCUT2D eigenvalue weighted by Crippen LogP contribution is 2.33. The van der Waals surface area contributed by atoms with E-state index < -0.39 is 17.7 Å². The smallest absolute Gasteiger partial charge is 0.416 e. The number of carboxylic acids is 1. The van der Waals surface area contributed by atoms with Crippen molar-refractivity contribution in [1.29, 1.82) is 0 Å². The lowest BCUT2D eigenvalue weighted by Crippen LogP contribution is -2.05. The molecule has 152 valence electrons. The summed E-state index contributed by atoms with van der Waals surface area (Å²) in [4.78, 5) is 15.9. The van der Waals surface area contributed by atoms with Crippen LogP contribution in [-0.4, -0.2) is 20.6 Å². The highest BCUT2D eigenvalue weighted by molar-refractivity contribution is 9.10. The molecule has 0 aliphatic rings. The van der Waals surface area contributed by atoms with Gasteiger partial charge in [-0.25, -0.2) is 9.78 Å². The molecule has 4 rings (SSSR count). The van der Waals surface area contributed by atoms with Crippen LogP contribution >= 0.6 is 15.9 Å². The van der Waals surface area contributed by atoms with E-state index in [4.69, 9.17) is 0 Å². The van der Waals surface area contributed by atoms with Gasteiger partial charge in [0.1, 0.15) is 5.82 Å². The average Bonchev–Trinajstić information content (AvgIpc) is 3.06. The molecule has 1 aromatic heterocycles. The Kier molecular flexibility index (Phi) is 5.11. The average molecular weight is 475 g/mol. The fourth-order valence-corrected chi connectivity index (χ4v) is 3.54. The van der Waals surface area contributed by atoms with E-state index in [0.717, 1.165) is 22.2 Å². The van der Waals surface area contributed by atoms with E-state index in [0.29, 0.717) is 23.4 Å². The molecular weight excluding hydrogens is 461 g/mol. The Hall–Kier alpha value is -3.13. The second-order valence-corrected chi connectivity index (χ2v) is 7.64. The minimum Gasteiger partial charge on any atom is -0.478 e. The summed E-state index contributed by atoms with van der Waals surface area (Å²) in [7, 11) is 0. The number of fused-ring (bicyclic) bond motifs is 1. The zero-order chi connectivity index (χ0) is 21.5. The molecular formula is C22H14BrF3N2O2. The van der Waals surface area contributed by atoms with E-state index in [1.807, 2.05) is 24.3 Å². The number of carboxylic acid groups (broad SMARTS) is 1. The van der Waals surface area contributed by atoms with Gasteiger partial charge in [0.2, 0.25) is 0 Å². The Balaban J connectivity index is 1.91. The van der Waals surface area contributed by atoms with Crippen LogP contribution in [0.3, 0.4) is 0 Å². The minimum absolute atomic E-state index is 0.0795. The van der Waals surface area contributed by atoms with Crippen LogP contribution in [0.2, 0.25) is 0 Å². The van der Waals surface area contributed by atoms with Crippen LogP contribution in [0.1, 0.15) is 27.3 Å². The van der Waals surface area contributed by atoms with Crippen molar-refractivity contribution in [1.82, 2.24) is 9.55 Å². The lowest BCUT2D eigenvalue weighted by atomic mass is 10.1. The molecule has 0 unspecified atom stereocenters. The van der Waals surface area contributed by atoms with Crippen LogP contribution in [0.5, 0.6) is 0 Å². The van der Waals surface area contributed by atoms with Gasteiger partial charge in [0.15, 0.2) is 0 Å². The summed E-state index contributed by atoms with van der Waals surface area (Å²) in [6.07, 6.45) is -4.12. The molecule has 0 aliphatic carbocycles. The molecule has 0 fully saturated rings. The monoisotopic (exact) mass is 474 g/mol. The van der Waals surface area contributed by atoms with Crippen molar-refractivity contribution >= 4 is 32.9 Å². The number of carbonyl (C=O) groups is 1. The largest absolute Gasteiger partial charge is 0.478 e. The zero-order valence-electron chi connectivity index (χ0n) is 15.3. The Morgan fingerprint density at radius 3 is 2.43 bits per heavy atom. The Bertz CT molecular complexity index is 1250. The predicted octanol–water partition coefficient (Wildman–Crippen LogP) is 6.10. The summed E-state index contributed by atoms with van der Waals surface area (Å²) in [5, 5.41) is 9.32. The molecule has 0 bridgehead atoms. The number of benzene rings is 3. The number of hydrogen-bond acceptors (Lipinski definition) is 2. The Labute approximate surface area is 177 Å². The standard InChI is InChI=1S/C22H14BrF3N2O2/c23-16-7-4-13(5-8-16)10-20-27-18-12-15(22(24,25)26)6-9-19(18)28(20)17-3-1-2-14(11-17)21(29)30/h1-9,11-12H,10H2,(H,29,30). The predicted molar refractivity (Wildman–Crippen MR) is 110 cm³/mol. The molecule has 0 saturated heterocycles. The van der Waals surface area contributed by atoms with Crippen molar-refractivity contribution in [2.24, 2.45) is 0 Å². The van der Waals surface area contributed by atoms with E-state index in [2.05, 4.69) is 20.9 Å². The first kappa shape index (κ1) is 20.2. The zero-order valence-corrected chi connectivity index (χ0v) is 16.9. The first-order chi connectivity index (χ1) is 14.2. The van der Waals surface area contributed by atoms with Crippen LogP contribution in [0, 0.1) is 0 Å². The van der Waals surface area contributed by atoms with Crippen LogP contribution in [0.25, 0.3) is 16.7 Å². The molecule has 0 spiro atoms.